The largest absolute Gasteiger partial charge is 0.409 e. The van der Waals surface area contributed by atoms with E-state index in [9.17, 15) is 0 Å². The smallest absolute Gasteiger partial charge is 0.172 e. The lowest BCUT2D eigenvalue weighted by Crippen LogP contribution is -2.15. The predicted molar refractivity (Wildman–Crippen MR) is 74.8 cm³/mol. The SMILES string of the molecule is N/C(=N/O)c1c(Br)cccc1SC1CCCC1. The van der Waals surface area contributed by atoms with E-state index in [1.54, 1.807) is 0 Å². The molecule has 1 aliphatic carbocycles. The molecule has 5 heteroatoms. The fourth-order valence-electron chi connectivity index (χ4n) is 2.09. The summed E-state index contributed by atoms with van der Waals surface area (Å²) in [7, 11) is 0. The van der Waals surface area contributed by atoms with E-state index in [0.717, 1.165) is 14.9 Å². The molecule has 0 aliphatic heterocycles. The van der Waals surface area contributed by atoms with Crippen LogP contribution in [0.15, 0.2) is 32.7 Å². The normalized spacial score (nSPS) is 17.6. The first-order valence-corrected chi connectivity index (χ1v) is 7.32. The number of hydrogen-bond acceptors (Lipinski definition) is 3. The van der Waals surface area contributed by atoms with Crippen LogP contribution < -0.4 is 5.73 Å². The number of amidine groups is 1. The molecule has 2 rings (SSSR count). The van der Waals surface area contributed by atoms with Gasteiger partial charge in [-0.15, -0.1) is 11.8 Å². The molecule has 0 aromatic heterocycles. The Balaban J connectivity index is 2.29. The summed E-state index contributed by atoms with van der Waals surface area (Å²) < 4.78 is 0.871. The molecule has 1 fully saturated rings. The molecule has 3 N–H and O–H groups in total. The summed E-state index contributed by atoms with van der Waals surface area (Å²) in [5.74, 6) is 0.165. The van der Waals surface area contributed by atoms with E-state index in [4.69, 9.17) is 10.9 Å². The highest BCUT2D eigenvalue weighted by Crippen LogP contribution is 2.37. The Morgan fingerprint density at radius 2 is 2.12 bits per heavy atom. The van der Waals surface area contributed by atoms with Gasteiger partial charge in [-0.05, 0) is 40.9 Å². The Hall–Kier alpha value is -0.680. The molecule has 0 radical (unpaired) electrons. The molecule has 92 valence electrons. The standard InChI is InChI=1S/C12H15BrN2OS/c13-9-6-3-7-10(11(9)12(14)15-16)17-8-4-1-2-5-8/h3,6-8,16H,1-2,4-5H2,(H2,14,15). The fourth-order valence-corrected chi connectivity index (χ4v) is 4.21. The molecule has 0 amide bonds. The maximum Gasteiger partial charge on any atom is 0.172 e. The van der Waals surface area contributed by atoms with E-state index in [1.165, 1.54) is 25.7 Å². The van der Waals surface area contributed by atoms with Crippen LogP contribution in [0.2, 0.25) is 0 Å². The van der Waals surface area contributed by atoms with Crippen LogP contribution >= 0.6 is 27.7 Å². The Labute approximate surface area is 114 Å². The molecule has 1 aromatic carbocycles. The summed E-state index contributed by atoms with van der Waals surface area (Å²) in [4.78, 5) is 1.08. The predicted octanol–water partition coefficient (Wildman–Crippen LogP) is 3.58. The monoisotopic (exact) mass is 314 g/mol. The molecular formula is C12H15BrN2OS. The first kappa shape index (κ1) is 12.8. The zero-order chi connectivity index (χ0) is 12.3. The third-order valence-corrected chi connectivity index (χ3v) is 4.99. The van der Waals surface area contributed by atoms with E-state index in [2.05, 4.69) is 21.1 Å². The quantitative estimate of drug-likeness (QED) is 0.388. The van der Waals surface area contributed by atoms with Gasteiger partial charge in [0.25, 0.3) is 0 Å². The van der Waals surface area contributed by atoms with Crippen molar-refractivity contribution in [3.8, 4) is 0 Å². The van der Waals surface area contributed by atoms with Gasteiger partial charge >= 0.3 is 0 Å². The van der Waals surface area contributed by atoms with Gasteiger partial charge in [0.1, 0.15) is 0 Å². The minimum Gasteiger partial charge on any atom is -0.409 e. The minimum absolute atomic E-state index is 0.165. The summed E-state index contributed by atoms with van der Waals surface area (Å²) >= 11 is 5.29. The summed E-state index contributed by atoms with van der Waals surface area (Å²) in [6, 6.07) is 5.92. The van der Waals surface area contributed by atoms with Crippen molar-refractivity contribution in [1.29, 1.82) is 0 Å². The van der Waals surface area contributed by atoms with Gasteiger partial charge in [-0.25, -0.2) is 0 Å². The molecular weight excluding hydrogens is 300 g/mol. The molecule has 1 saturated carbocycles. The fraction of sp³-hybridized carbons (Fsp3) is 0.417. The lowest BCUT2D eigenvalue weighted by molar-refractivity contribution is 0.318. The molecule has 3 nitrogen and oxygen atoms in total. The summed E-state index contributed by atoms with van der Waals surface area (Å²) in [5, 5.41) is 12.6. The summed E-state index contributed by atoms with van der Waals surface area (Å²) in [5.41, 5.74) is 6.52. The van der Waals surface area contributed by atoms with E-state index >= 15 is 0 Å². The van der Waals surface area contributed by atoms with Crippen molar-refractivity contribution in [3.63, 3.8) is 0 Å². The van der Waals surface area contributed by atoms with Crippen LogP contribution in [0.1, 0.15) is 31.2 Å². The van der Waals surface area contributed by atoms with E-state index in [-0.39, 0.29) is 5.84 Å². The summed E-state index contributed by atoms with van der Waals surface area (Å²) in [6.07, 6.45) is 5.13. The van der Waals surface area contributed by atoms with Gasteiger partial charge in [0.2, 0.25) is 0 Å². The number of oxime groups is 1. The van der Waals surface area contributed by atoms with Gasteiger partial charge in [-0.2, -0.15) is 0 Å². The number of thioether (sulfide) groups is 1. The first-order chi connectivity index (χ1) is 8.22. The molecule has 17 heavy (non-hydrogen) atoms. The number of benzene rings is 1. The number of nitrogens with two attached hydrogens (primary N) is 1. The van der Waals surface area contributed by atoms with Crippen LogP contribution in [0.25, 0.3) is 0 Å². The number of halogens is 1. The molecule has 0 spiro atoms. The highest BCUT2D eigenvalue weighted by Gasteiger charge is 2.19. The molecule has 1 aromatic rings. The maximum absolute atomic E-state index is 8.83. The second-order valence-electron chi connectivity index (χ2n) is 4.12. The Kier molecular flexibility index (Phi) is 4.34. The van der Waals surface area contributed by atoms with Gasteiger partial charge < -0.3 is 10.9 Å². The lowest BCUT2D eigenvalue weighted by Gasteiger charge is -2.13. The van der Waals surface area contributed by atoms with Crippen LogP contribution in [-0.2, 0) is 0 Å². The Bertz CT molecular complexity index is 431. The average molecular weight is 315 g/mol. The van der Waals surface area contributed by atoms with Crippen LogP contribution in [0.5, 0.6) is 0 Å². The van der Waals surface area contributed by atoms with Gasteiger partial charge in [-0.3, -0.25) is 0 Å². The molecule has 0 atom stereocenters. The van der Waals surface area contributed by atoms with Crippen molar-refractivity contribution in [2.24, 2.45) is 10.9 Å². The van der Waals surface area contributed by atoms with Gasteiger partial charge in [-0.1, -0.05) is 24.1 Å². The molecule has 0 heterocycles. The zero-order valence-electron chi connectivity index (χ0n) is 9.40. The van der Waals surface area contributed by atoms with Crippen molar-refractivity contribution >= 4 is 33.5 Å². The maximum atomic E-state index is 8.83. The second kappa shape index (κ2) is 5.78. The van der Waals surface area contributed by atoms with E-state index < -0.39 is 0 Å². The van der Waals surface area contributed by atoms with Crippen molar-refractivity contribution in [1.82, 2.24) is 0 Å². The highest BCUT2D eigenvalue weighted by atomic mass is 79.9. The van der Waals surface area contributed by atoms with Gasteiger partial charge in [0.05, 0.1) is 0 Å². The van der Waals surface area contributed by atoms with Crippen LogP contribution in [-0.4, -0.2) is 16.3 Å². The average Bonchev–Trinajstić information content (AvgIpc) is 2.81. The van der Waals surface area contributed by atoms with E-state index in [1.807, 2.05) is 30.0 Å². The molecule has 0 unspecified atom stereocenters. The van der Waals surface area contributed by atoms with Crippen LogP contribution in [0.4, 0.5) is 0 Å². The van der Waals surface area contributed by atoms with Crippen LogP contribution in [0, 0.1) is 0 Å². The van der Waals surface area contributed by atoms with Gasteiger partial charge in [0.15, 0.2) is 5.84 Å². The lowest BCUT2D eigenvalue weighted by atomic mass is 10.2. The van der Waals surface area contributed by atoms with Crippen molar-refractivity contribution < 1.29 is 5.21 Å². The molecule has 0 bridgehead atoms. The second-order valence-corrected chi connectivity index (χ2v) is 6.32. The molecule has 1 aliphatic rings. The zero-order valence-corrected chi connectivity index (χ0v) is 11.8. The van der Waals surface area contributed by atoms with Crippen LogP contribution in [0.3, 0.4) is 0 Å². The first-order valence-electron chi connectivity index (χ1n) is 5.65. The van der Waals surface area contributed by atoms with E-state index in [0.29, 0.717) is 5.25 Å². The third-order valence-electron chi connectivity index (χ3n) is 2.94. The van der Waals surface area contributed by atoms with Gasteiger partial charge in [0, 0.05) is 20.2 Å². The van der Waals surface area contributed by atoms with Crippen molar-refractivity contribution in [3.05, 3.63) is 28.2 Å². The summed E-state index contributed by atoms with van der Waals surface area (Å²) in [6.45, 7) is 0. The number of hydrogen-bond donors (Lipinski definition) is 2. The molecule has 0 saturated heterocycles. The Morgan fingerprint density at radius 1 is 1.41 bits per heavy atom. The number of rotatable bonds is 3. The Morgan fingerprint density at radius 3 is 2.76 bits per heavy atom. The van der Waals surface area contributed by atoms with Crippen molar-refractivity contribution in [2.45, 2.75) is 35.8 Å². The topological polar surface area (TPSA) is 58.6 Å². The van der Waals surface area contributed by atoms with Crippen molar-refractivity contribution in [2.75, 3.05) is 0 Å². The highest BCUT2D eigenvalue weighted by molar-refractivity contribution is 9.10. The third kappa shape index (κ3) is 2.96. The minimum atomic E-state index is 0.165. The number of nitrogens with zero attached hydrogens (tertiary/aromatic N) is 1.